The third-order valence-electron chi connectivity index (χ3n) is 21.2. The van der Waals surface area contributed by atoms with Crippen LogP contribution in [0.1, 0.15) is 146 Å². The quantitative estimate of drug-likeness (QED) is 0.0180. The number of ether oxygens (including phenoxy) is 8. The molecule has 0 radical (unpaired) electrons. The van der Waals surface area contributed by atoms with E-state index in [0.29, 0.717) is 0 Å². The number of carbonyl (C=O) groups is 8. The fraction of sp³-hybridized carbons (Fsp3) is 0.468. The van der Waals surface area contributed by atoms with Gasteiger partial charge in [-0.1, -0.05) is 91.8 Å². The van der Waals surface area contributed by atoms with E-state index in [4.69, 9.17) is 37.9 Å². The zero-order chi connectivity index (χ0) is 82.6. The summed E-state index contributed by atoms with van der Waals surface area (Å²) in [6.07, 6.45) is 5.13. The monoisotopic (exact) mass is 1550 g/mol. The van der Waals surface area contributed by atoms with Gasteiger partial charge >= 0.3 is 23.5 Å². The molecule has 4 aromatic carbocycles. The lowest BCUT2D eigenvalue weighted by Crippen LogP contribution is -2.46. The number of ketones is 2. The molecule has 0 fully saturated rings. The second-order valence-corrected chi connectivity index (χ2v) is 29.0. The number of esters is 2. The van der Waals surface area contributed by atoms with Gasteiger partial charge in [-0.3, -0.25) is 38.4 Å². The first-order valence-corrected chi connectivity index (χ1v) is 35.8. The van der Waals surface area contributed by atoms with Crippen molar-refractivity contribution in [3.05, 3.63) is 106 Å². The van der Waals surface area contributed by atoms with Crippen molar-refractivity contribution in [2.24, 2.45) is 57.5 Å². The molecule has 0 aliphatic carbocycles. The summed E-state index contributed by atoms with van der Waals surface area (Å²) in [7, 11) is 2.72. The number of aromatic hydroxyl groups is 6. The number of aliphatic hydroxyl groups is 4. The third kappa shape index (κ3) is 17.2. The summed E-state index contributed by atoms with van der Waals surface area (Å²) in [5, 5.41) is 130. The fourth-order valence-electron chi connectivity index (χ4n) is 14.3. The highest BCUT2D eigenvalue weighted by Gasteiger charge is 2.52. The van der Waals surface area contributed by atoms with E-state index < -0.39 is 251 Å². The number of amides is 4. The van der Waals surface area contributed by atoms with Crippen LogP contribution in [0.25, 0.3) is 21.5 Å². The smallest absolute Gasteiger partial charge is 0.312 e. The molecule has 10 rings (SSSR count). The minimum atomic E-state index is -2.28. The molecule has 0 saturated heterocycles. The number of hydrazone groups is 2. The molecule has 10 bridgehead atoms. The van der Waals surface area contributed by atoms with E-state index in [-0.39, 0.29) is 33.8 Å². The molecule has 14 N–H and O–H groups in total. The zero-order valence-electron chi connectivity index (χ0n) is 64.8. The Bertz CT molecular complexity index is 4350. The van der Waals surface area contributed by atoms with E-state index in [9.17, 15) is 89.4 Å². The molecule has 0 aromatic heterocycles. The first-order chi connectivity index (χ1) is 52.0. The molecule has 0 saturated carbocycles. The number of phenolic OH excluding ortho intramolecular Hbond substituents is 6. The number of aliphatic hydroxyl groups excluding tert-OH is 4. The Kier molecular flexibility index (Phi) is 26.7. The number of hydrogen-bond donors (Lipinski definition) is 14. The van der Waals surface area contributed by atoms with Gasteiger partial charge in [0.2, 0.25) is 11.8 Å². The Morgan fingerprint density at radius 2 is 0.838 bits per heavy atom. The molecule has 18 unspecified atom stereocenters. The lowest BCUT2D eigenvalue weighted by Gasteiger charge is -2.38. The largest absolute Gasteiger partial charge is 0.507 e. The van der Waals surface area contributed by atoms with Crippen LogP contribution >= 0.6 is 0 Å². The van der Waals surface area contributed by atoms with Crippen LogP contribution in [0.3, 0.4) is 0 Å². The predicted octanol–water partition coefficient (Wildman–Crippen LogP) is 7.81. The van der Waals surface area contributed by atoms with Crippen molar-refractivity contribution in [1.82, 2.24) is 10.9 Å². The van der Waals surface area contributed by atoms with Crippen molar-refractivity contribution in [1.29, 1.82) is 0 Å². The Morgan fingerprint density at radius 1 is 0.495 bits per heavy atom. The molecule has 111 heavy (non-hydrogen) atoms. The van der Waals surface area contributed by atoms with E-state index in [0.717, 1.165) is 25.0 Å². The first-order valence-electron chi connectivity index (χ1n) is 35.8. The number of Topliss-reactive ketones (excluding diaryl/α,β-unsaturated/α-hetero) is 2. The SMILES string of the molecule is COC1C=COC2(C)Oc3c(C)c(O)c4c(O)c(c(C=NNC(=O)CC(=O)NN=Cc5c6c(O)c7c(O)c(C)c8c(c7c5O)C(=O)C(C)(OC=CC(OC)C(C)C(OC(C)=O)C(C)C(O)C(C)C(O)C(C)C=CC=C(C)C(=O)N6)O8)c(O)c4c3C2=O)NC(=O)C(C)=CC=CC(C)C(O)C(C)C(O)C(C)C(OC(C)=O)C1C. The number of benzene rings is 4. The minimum Gasteiger partial charge on any atom is -0.507 e. The van der Waals surface area contributed by atoms with E-state index >= 15 is 0 Å². The molecular weight excluding hydrogens is 1450 g/mol. The van der Waals surface area contributed by atoms with Gasteiger partial charge in [0.25, 0.3) is 23.4 Å². The van der Waals surface area contributed by atoms with Crippen molar-refractivity contribution in [3.63, 3.8) is 0 Å². The molecule has 6 aliphatic heterocycles. The number of nitrogens with zero attached hydrogens (tertiary/aromatic N) is 2. The van der Waals surface area contributed by atoms with Gasteiger partial charge in [-0.15, -0.1) is 0 Å². The number of rotatable bonds is 10. The number of methoxy groups -OCH3 is 2. The maximum absolute atomic E-state index is 14.8. The average molecular weight is 1550 g/mol. The number of fused-ring (bicyclic) bond motifs is 28. The van der Waals surface area contributed by atoms with Crippen molar-refractivity contribution in [2.45, 2.75) is 178 Å². The topological polar surface area (TPSA) is 486 Å². The van der Waals surface area contributed by atoms with Crippen LogP contribution in [0.15, 0.2) is 82.5 Å². The summed E-state index contributed by atoms with van der Waals surface area (Å²) in [6.45, 7) is 23.4. The van der Waals surface area contributed by atoms with Crippen LogP contribution < -0.4 is 31.0 Å². The van der Waals surface area contributed by atoms with Crippen LogP contribution in [0.4, 0.5) is 11.4 Å². The molecule has 600 valence electrons. The van der Waals surface area contributed by atoms with Gasteiger partial charge in [0, 0.05) is 122 Å². The van der Waals surface area contributed by atoms with E-state index in [1.807, 2.05) is 0 Å². The first kappa shape index (κ1) is 85.7. The molecule has 4 aromatic rings. The summed E-state index contributed by atoms with van der Waals surface area (Å²) in [6, 6.07) is 0. The molecule has 6 aliphatic rings. The van der Waals surface area contributed by atoms with Crippen LogP contribution in [-0.2, 0) is 57.2 Å². The van der Waals surface area contributed by atoms with Gasteiger partial charge in [-0.2, -0.15) is 10.2 Å². The highest BCUT2D eigenvalue weighted by atomic mass is 16.7. The Hall–Kier alpha value is -10.9. The van der Waals surface area contributed by atoms with Gasteiger partial charge < -0.3 is 99.6 Å². The van der Waals surface area contributed by atoms with Crippen LogP contribution in [0.5, 0.6) is 46.0 Å². The average Bonchev–Trinajstić information content (AvgIpc) is 1.62. The second-order valence-electron chi connectivity index (χ2n) is 29.0. The van der Waals surface area contributed by atoms with Gasteiger partial charge in [0.15, 0.2) is 11.5 Å². The van der Waals surface area contributed by atoms with Crippen LogP contribution in [-0.4, -0.2) is 185 Å². The van der Waals surface area contributed by atoms with Gasteiger partial charge in [-0.25, -0.2) is 10.9 Å². The number of carbonyl (C=O) groups excluding carboxylic acids is 8. The van der Waals surface area contributed by atoms with E-state index in [1.54, 1.807) is 67.5 Å². The van der Waals surface area contributed by atoms with Crippen LogP contribution in [0.2, 0.25) is 0 Å². The summed E-state index contributed by atoms with van der Waals surface area (Å²) in [5.41, 5.74) is 0.432. The minimum absolute atomic E-state index is 0.0502. The van der Waals surface area contributed by atoms with Crippen molar-refractivity contribution in [3.8, 4) is 46.0 Å². The van der Waals surface area contributed by atoms with E-state index in [2.05, 4.69) is 31.7 Å². The fourth-order valence-corrected chi connectivity index (χ4v) is 14.3. The Morgan fingerprint density at radius 3 is 1.16 bits per heavy atom. The molecule has 18 atom stereocenters. The second kappa shape index (κ2) is 34.6. The lowest BCUT2D eigenvalue weighted by atomic mass is 9.78. The van der Waals surface area contributed by atoms with E-state index in [1.165, 1.54) is 106 Å². The molecule has 0 spiro atoms. The lowest BCUT2D eigenvalue weighted by molar-refractivity contribution is -0.161. The summed E-state index contributed by atoms with van der Waals surface area (Å²) in [4.78, 5) is 110. The Balaban J connectivity index is 1.15. The van der Waals surface area contributed by atoms with Crippen molar-refractivity contribution in [2.75, 3.05) is 24.9 Å². The predicted molar refractivity (Wildman–Crippen MR) is 404 cm³/mol. The zero-order valence-corrected chi connectivity index (χ0v) is 64.8. The summed E-state index contributed by atoms with van der Waals surface area (Å²) >= 11 is 0. The number of nitrogens with one attached hydrogen (secondary N) is 4. The third-order valence-corrected chi connectivity index (χ3v) is 21.2. The van der Waals surface area contributed by atoms with Gasteiger partial charge in [0.1, 0.15) is 53.1 Å². The Labute approximate surface area is 639 Å². The molecule has 32 nitrogen and oxygen atoms in total. The number of allylic oxidation sites excluding steroid dienone is 4. The standard InChI is InChI=1S/C79H98N6O26/c1-32-21-19-23-34(3)76(102)82-58-46(66(96)52-54(68(58)98)64(94)42(11)72-56(52)74(100)78(15,110-72)106-27-25-48(104-17)36(5)70(108-44(13)86)40(9)62(92)38(7)60(32)90)30-80-84-50(88)29-51(89)85-81-31-47-59-69(99)55-53(67(47)97)57-73(43(12)65(55)95)111-79(16,75(57)101)107-28-26-49(105-18)37(6)71(109-45(14)87)41(10)63(93)39(8)61(91)33(2)22-20-24-35(4)77(103)83-59/h19-28,30-33,36-41,48-49,60-63,70-71,90-99H,29H2,1-18H3,(H,82,102)(H,83,103)(H,84,88)(H,85,89). The highest BCUT2D eigenvalue weighted by molar-refractivity contribution is 6.25. The highest BCUT2D eigenvalue weighted by Crippen LogP contribution is 2.57. The molecule has 4 amide bonds. The van der Waals surface area contributed by atoms with Crippen molar-refractivity contribution < 1.29 is 127 Å². The molecular formula is C79H98N6O26. The number of phenols is 6. The maximum Gasteiger partial charge on any atom is 0.312 e. The van der Waals surface area contributed by atoms with Crippen molar-refractivity contribution >= 4 is 92.5 Å². The normalized spacial score (nSPS) is 29.2. The number of hydrogen-bond acceptors (Lipinski definition) is 28. The number of anilines is 2. The summed E-state index contributed by atoms with van der Waals surface area (Å²) in [5.74, 6) is -24.0. The molecule has 32 heteroatoms. The van der Waals surface area contributed by atoms with Gasteiger partial charge in [0.05, 0.1) is 106 Å². The maximum atomic E-state index is 14.8. The summed E-state index contributed by atoms with van der Waals surface area (Å²) < 4.78 is 47.3. The van der Waals surface area contributed by atoms with Crippen LogP contribution in [0, 0.1) is 61.2 Å². The van der Waals surface area contributed by atoms with Gasteiger partial charge in [-0.05, 0) is 39.8 Å². The molecule has 6 heterocycles.